The van der Waals surface area contributed by atoms with E-state index in [4.69, 9.17) is 5.73 Å². The molecular formula is C12H18N2O3S. The lowest BCUT2D eigenvalue weighted by Crippen LogP contribution is -2.44. The van der Waals surface area contributed by atoms with E-state index in [1.54, 1.807) is 12.1 Å². The highest BCUT2D eigenvalue weighted by atomic mass is 32.2. The van der Waals surface area contributed by atoms with Gasteiger partial charge in [0.2, 0.25) is 10.0 Å². The number of nitrogens with one attached hydrogen (secondary N) is 1. The number of hydrogen-bond acceptors (Lipinski definition) is 4. The Hall–Kier alpha value is -1.11. The van der Waals surface area contributed by atoms with Gasteiger partial charge in [-0.3, -0.25) is 0 Å². The molecule has 1 saturated carbocycles. The van der Waals surface area contributed by atoms with Crippen LogP contribution < -0.4 is 10.5 Å². The van der Waals surface area contributed by atoms with Crippen LogP contribution in [0.3, 0.4) is 0 Å². The van der Waals surface area contributed by atoms with Crippen LogP contribution >= 0.6 is 0 Å². The van der Waals surface area contributed by atoms with Crippen molar-refractivity contribution in [3.05, 3.63) is 24.3 Å². The van der Waals surface area contributed by atoms with Crippen LogP contribution in [-0.4, -0.2) is 25.7 Å². The summed E-state index contributed by atoms with van der Waals surface area (Å²) in [6.45, 7) is 0. The van der Waals surface area contributed by atoms with E-state index in [9.17, 15) is 13.5 Å². The zero-order valence-electron chi connectivity index (χ0n) is 10.0. The standard InChI is InChI=1S/C12H18N2O3S/c13-9-4-3-5-10(8-9)18(16,17)14-11-6-1-2-7-12(11)15/h3-5,8,11-12,14-15H,1-2,6-7,13H2/t11-,12-/m1/s1. The molecule has 0 saturated heterocycles. The maximum Gasteiger partial charge on any atom is 0.240 e. The molecule has 2 atom stereocenters. The quantitative estimate of drug-likeness (QED) is 0.710. The van der Waals surface area contributed by atoms with Crippen molar-refractivity contribution in [1.29, 1.82) is 0 Å². The van der Waals surface area contributed by atoms with Crippen LogP contribution in [0.4, 0.5) is 5.69 Å². The van der Waals surface area contributed by atoms with Crippen molar-refractivity contribution in [3.63, 3.8) is 0 Å². The van der Waals surface area contributed by atoms with Crippen LogP contribution in [-0.2, 0) is 10.0 Å². The van der Waals surface area contributed by atoms with Crippen LogP contribution in [0.2, 0.25) is 0 Å². The van der Waals surface area contributed by atoms with Crippen molar-refractivity contribution in [3.8, 4) is 0 Å². The molecular weight excluding hydrogens is 252 g/mol. The Bertz CT molecular complexity index is 516. The van der Waals surface area contributed by atoms with E-state index >= 15 is 0 Å². The second kappa shape index (κ2) is 5.26. The average Bonchev–Trinajstić information content (AvgIpc) is 2.32. The molecule has 0 aliphatic heterocycles. The SMILES string of the molecule is Nc1cccc(S(=O)(=O)N[C@@H]2CCCC[C@H]2O)c1. The van der Waals surface area contributed by atoms with Crippen LogP contribution in [0.25, 0.3) is 0 Å². The Morgan fingerprint density at radius 3 is 2.67 bits per heavy atom. The first-order chi connectivity index (χ1) is 8.49. The first-order valence-electron chi connectivity index (χ1n) is 6.05. The van der Waals surface area contributed by atoms with E-state index in [1.165, 1.54) is 12.1 Å². The number of nitrogens with two attached hydrogens (primary N) is 1. The first-order valence-corrected chi connectivity index (χ1v) is 7.53. The Labute approximate surface area is 107 Å². The summed E-state index contributed by atoms with van der Waals surface area (Å²) in [6.07, 6.45) is 2.58. The summed E-state index contributed by atoms with van der Waals surface area (Å²) in [5, 5.41) is 9.78. The molecule has 5 nitrogen and oxygen atoms in total. The molecule has 0 amide bonds. The molecule has 0 unspecified atom stereocenters. The summed E-state index contributed by atoms with van der Waals surface area (Å²) >= 11 is 0. The molecule has 18 heavy (non-hydrogen) atoms. The van der Waals surface area contributed by atoms with E-state index in [0.29, 0.717) is 18.5 Å². The van der Waals surface area contributed by atoms with Gasteiger partial charge in [0.05, 0.1) is 11.0 Å². The molecule has 1 aliphatic carbocycles. The third-order valence-corrected chi connectivity index (χ3v) is 4.69. The highest BCUT2D eigenvalue weighted by Gasteiger charge is 2.28. The van der Waals surface area contributed by atoms with Gasteiger partial charge in [-0.05, 0) is 31.0 Å². The van der Waals surface area contributed by atoms with Crippen LogP contribution in [0.15, 0.2) is 29.2 Å². The average molecular weight is 270 g/mol. The number of aliphatic hydroxyl groups excluding tert-OH is 1. The summed E-state index contributed by atoms with van der Waals surface area (Å²) in [7, 11) is -3.61. The maximum atomic E-state index is 12.1. The van der Waals surface area contributed by atoms with Crippen LogP contribution in [0, 0.1) is 0 Å². The molecule has 1 aliphatic rings. The molecule has 0 bridgehead atoms. The number of hydrogen-bond donors (Lipinski definition) is 3. The van der Waals surface area contributed by atoms with E-state index in [2.05, 4.69) is 4.72 Å². The number of nitrogen functional groups attached to an aromatic ring is 1. The fraction of sp³-hybridized carbons (Fsp3) is 0.500. The normalized spacial score (nSPS) is 24.9. The van der Waals surface area contributed by atoms with Crippen molar-refractivity contribution in [1.82, 2.24) is 4.72 Å². The van der Waals surface area contributed by atoms with Crippen molar-refractivity contribution in [2.75, 3.05) is 5.73 Å². The Morgan fingerprint density at radius 2 is 2.00 bits per heavy atom. The third kappa shape index (κ3) is 3.01. The fourth-order valence-corrected chi connectivity index (χ4v) is 3.56. The maximum absolute atomic E-state index is 12.1. The van der Waals surface area contributed by atoms with Crippen molar-refractivity contribution in [2.24, 2.45) is 0 Å². The van der Waals surface area contributed by atoms with Gasteiger partial charge >= 0.3 is 0 Å². The summed E-state index contributed by atoms with van der Waals surface area (Å²) < 4.78 is 26.8. The van der Waals surface area contributed by atoms with E-state index in [-0.39, 0.29) is 4.90 Å². The minimum Gasteiger partial charge on any atom is -0.399 e. The largest absolute Gasteiger partial charge is 0.399 e. The minimum absolute atomic E-state index is 0.139. The van der Waals surface area contributed by atoms with Crippen molar-refractivity contribution in [2.45, 2.75) is 42.7 Å². The van der Waals surface area contributed by atoms with Gasteiger partial charge < -0.3 is 10.8 Å². The molecule has 0 heterocycles. The second-order valence-electron chi connectivity index (χ2n) is 4.65. The molecule has 1 aromatic carbocycles. The molecule has 0 spiro atoms. The fourth-order valence-electron chi connectivity index (χ4n) is 2.20. The Morgan fingerprint density at radius 1 is 1.28 bits per heavy atom. The molecule has 2 rings (SSSR count). The van der Waals surface area contributed by atoms with Gasteiger partial charge in [-0.15, -0.1) is 0 Å². The number of benzene rings is 1. The van der Waals surface area contributed by atoms with E-state index in [0.717, 1.165) is 12.8 Å². The molecule has 0 radical (unpaired) electrons. The van der Waals surface area contributed by atoms with Crippen LogP contribution in [0.5, 0.6) is 0 Å². The minimum atomic E-state index is -3.61. The van der Waals surface area contributed by atoms with Gasteiger partial charge in [0, 0.05) is 11.7 Å². The van der Waals surface area contributed by atoms with Crippen molar-refractivity contribution < 1.29 is 13.5 Å². The summed E-state index contributed by atoms with van der Waals surface area (Å²) in [4.78, 5) is 0.139. The third-order valence-electron chi connectivity index (χ3n) is 3.20. The number of aliphatic hydroxyl groups is 1. The van der Waals surface area contributed by atoms with Gasteiger partial charge in [0.1, 0.15) is 0 Å². The number of rotatable bonds is 3. The topological polar surface area (TPSA) is 92.4 Å². The molecule has 4 N–H and O–H groups in total. The lowest BCUT2D eigenvalue weighted by Gasteiger charge is -2.28. The second-order valence-corrected chi connectivity index (χ2v) is 6.37. The van der Waals surface area contributed by atoms with Crippen LogP contribution in [0.1, 0.15) is 25.7 Å². The molecule has 1 aromatic rings. The van der Waals surface area contributed by atoms with Gasteiger partial charge in [-0.1, -0.05) is 18.9 Å². The van der Waals surface area contributed by atoms with Gasteiger partial charge in [-0.2, -0.15) is 0 Å². The van der Waals surface area contributed by atoms with Gasteiger partial charge in [-0.25, -0.2) is 13.1 Å². The number of sulfonamides is 1. The monoisotopic (exact) mass is 270 g/mol. The zero-order valence-corrected chi connectivity index (χ0v) is 10.9. The molecule has 100 valence electrons. The van der Waals surface area contributed by atoms with Crippen molar-refractivity contribution >= 4 is 15.7 Å². The van der Waals surface area contributed by atoms with Gasteiger partial charge in [0.25, 0.3) is 0 Å². The van der Waals surface area contributed by atoms with Gasteiger partial charge in [0.15, 0.2) is 0 Å². The first kappa shape index (κ1) is 13.3. The highest BCUT2D eigenvalue weighted by molar-refractivity contribution is 7.89. The molecule has 6 heteroatoms. The predicted octanol–water partition coefficient (Wildman–Crippen LogP) is 0.851. The lowest BCUT2D eigenvalue weighted by atomic mass is 9.93. The smallest absolute Gasteiger partial charge is 0.240 e. The number of anilines is 1. The summed E-state index contributed by atoms with van der Waals surface area (Å²) in [5.41, 5.74) is 5.98. The highest BCUT2D eigenvalue weighted by Crippen LogP contribution is 2.21. The molecule has 1 fully saturated rings. The summed E-state index contributed by atoms with van der Waals surface area (Å²) in [6, 6.07) is 5.74. The van der Waals surface area contributed by atoms with E-state index < -0.39 is 22.2 Å². The Balaban J connectivity index is 2.16. The lowest BCUT2D eigenvalue weighted by molar-refractivity contribution is 0.101. The predicted molar refractivity (Wildman–Crippen MR) is 69.4 cm³/mol. The summed E-state index contributed by atoms with van der Waals surface area (Å²) in [5.74, 6) is 0. The Kier molecular flexibility index (Phi) is 3.89. The molecule has 0 aromatic heterocycles. The van der Waals surface area contributed by atoms with E-state index in [1.807, 2.05) is 0 Å². The zero-order chi connectivity index (χ0) is 13.2.